The molecule has 2 fully saturated rings. The van der Waals surface area contributed by atoms with Gasteiger partial charge in [-0.1, -0.05) is 23.7 Å². The molecule has 2 aromatic carbocycles. The largest absolute Gasteiger partial charge is 0.369 e. The van der Waals surface area contributed by atoms with Gasteiger partial charge in [-0.2, -0.15) is 0 Å². The molecule has 0 saturated carbocycles. The number of nitrogens with zero attached hydrogens (tertiary/aromatic N) is 3. The number of benzene rings is 2. The first-order chi connectivity index (χ1) is 15.1. The molecule has 0 aliphatic carbocycles. The Morgan fingerprint density at radius 3 is 2.29 bits per heavy atom. The second kappa shape index (κ2) is 9.67. The van der Waals surface area contributed by atoms with E-state index in [9.17, 15) is 4.39 Å². The molecule has 0 unspecified atom stereocenters. The zero-order chi connectivity index (χ0) is 21.8. The van der Waals surface area contributed by atoms with Gasteiger partial charge in [0.25, 0.3) is 0 Å². The van der Waals surface area contributed by atoms with Gasteiger partial charge >= 0.3 is 0 Å². The van der Waals surface area contributed by atoms with E-state index in [4.69, 9.17) is 21.1 Å². The number of anilines is 1. The Labute approximate surface area is 188 Å². The maximum atomic E-state index is 13.2. The molecule has 3 heterocycles. The highest BCUT2D eigenvalue weighted by molar-refractivity contribution is 6.31. The fourth-order valence-corrected chi connectivity index (χ4v) is 5.01. The van der Waals surface area contributed by atoms with Gasteiger partial charge in [-0.05, 0) is 35.9 Å². The summed E-state index contributed by atoms with van der Waals surface area (Å²) in [5.41, 5.74) is 3.26. The molecule has 5 rings (SSSR count). The number of hydrogen-bond donors (Lipinski definition) is 0. The molecule has 7 heteroatoms. The van der Waals surface area contributed by atoms with Crippen LogP contribution in [0, 0.1) is 5.82 Å². The number of piperazine rings is 1. The lowest BCUT2D eigenvalue weighted by molar-refractivity contribution is -0.191. The van der Waals surface area contributed by atoms with Gasteiger partial charge in [0.2, 0.25) is 5.79 Å². The van der Waals surface area contributed by atoms with Crippen molar-refractivity contribution in [3.63, 3.8) is 0 Å². The van der Waals surface area contributed by atoms with Gasteiger partial charge in [0, 0.05) is 49.0 Å². The summed E-state index contributed by atoms with van der Waals surface area (Å²) >= 11 is 6.52. The summed E-state index contributed by atoms with van der Waals surface area (Å²) in [4.78, 5) is 7.15. The van der Waals surface area contributed by atoms with Crippen molar-refractivity contribution in [2.24, 2.45) is 0 Å². The van der Waals surface area contributed by atoms with Crippen LogP contribution in [-0.4, -0.2) is 62.4 Å². The van der Waals surface area contributed by atoms with Crippen LogP contribution in [0.3, 0.4) is 0 Å². The van der Waals surface area contributed by atoms with Gasteiger partial charge in [-0.15, -0.1) is 13.2 Å². The predicted molar refractivity (Wildman–Crippen MR) is 122 cm³/mol. The van der Waals surface area contributed by atoms with Crippen molar-refractivity contribution < 1.29 is 13.9 Å². The molecular weight excluding hydrogens is 417 g/mol. The number of halogens is 2. The molecule has 1 spiro atoms. The monoisotopic (exact) mass is 445 g/mol. The van der Waals surface area contributed by atoms with Crippen LogP contribution in [0.5, 0.6) is 0 Å². The summed E-state index contributed by atoms with van der Waals surface area (Å²) in [7, 11) is 0. The molecule has 2 saturated heterocycles. The smallest absolute Gasteiger partial charge is 0.210 e. The summed E-state index contributed by atoms with van der Waals surface area (Å²) < 4.78 is 25.3. The molecule has 5 nitrogen and oxygen atoms in total. The number of rotatable bonds is 3. The standard InChI is InChI=1S/C22H25ClFN3O2.C2H4/c23-20-3-1-2-17-14-26(15-22(21(17)20)28-12-13-29-22)16-25-8-10-27(11-9-25)19-6-4-18(24)5-7-19;1-2/h1-7H,8-16H2;1-2H2. The lowest BCUT2D eigenvalue weighted by atomic mass is 9.94. The lowest BCUT2D eigenvalue weighted by Crippen LogP contribution is -2.54. The Kier molecular flexibility index (Phi) is 6.94. The van der Waals surface area contributed by atoms with E-state index in [0.29, 0.717) is 19.8 Å². The van der Waals surface area contributed by atoms with E-state index in [0.717, 1.165) is 55.7 Å². The summed E-state index contributed by atoms with van der Waals surface area (Å²) in [6, 6.07) is 12.8. The summed E-state index contributed by atoms with van der Waals surface area (Å²) in [5.74, 6) is -0.940. The van der Waals surface area contributed by atoms with E-state index in [1.165, 1.54) is 17.7 Å². The van der Waals surface area contributed by atoms with Crippen molar-refractivity contribution in [1.82, 2.24) is 9.80 Å². The Bertz CT molecular complexity index is 881. The number of fused-ring (bicyclic) bond motifs is 2. The summed E-state index contributed by atoms with van der Waals surface area (Å²) in [6.45, 7) is 13.3. The molecule has 0 N–H and O–H groups in total. The van der Waals surface area contributed by atoms with Crippen molar-refractivity contribution in [2.75, 3.05) is 57.5 Å². The minimum Gasteiger partial charge on any atom is -0.369 e. The highest BCUT2D eigenvalue weighted by Gasteiger charge is 2.46. The Hall–Kier alpha value is -1.96. The molecule has 0 bridgehead atoms. The zero-order valence-electron chi connectivity index (χ0n) is 17.7. The molecule has 0 aromatic heterocycles. The fraction of sp³-hybridized carbons (Fsp3) is 0.417. The van der Waals surface area contributed by atoms with Gasteiger partial charge in [-0.3, -0.25) is 9.80 Å². The fourth-order valence-electron chi connectivity index (χ4n) is 4.67. The SMILES string of the molecule is C=C.Fc1ccc(N2CCN(CN3Cc4cccc(Cl)c4C4(C3)OCCO4)CC2)cc1. The maximum absolute atomic E-state index is 13.2. The highest BCUT2D eigenvalue weighted by atomic mass is 35.5. The van der Waals surface area contributed by atoms with E-state index in [1.807, 2.05) is 24.3 Å². The van der Waals surface area contributed by atoms with Crippen LogP contribution in [0.15, 0.2) is 55.6 Å². The van der Waals surface area contributed by atoms with Gasteiger partial charge in [0.05, 0.1) is 26.4 Å². The van der Waals surface area contributed by atoms with E-state index < -0.39 is 5.79 Å². The van der Waals surface area contributed by atoms with Crippen molar-refractivity contribution >= 4 is 17.3 Å². The summed E-state index contributed by atoms with van der Waals surface area (Å²) in [5, 5.41) is 0.719. The topological polar surface area (TPSA) is 28.2 Å². The van der Waals surface area contributed by atoms with Crippen LogP contribution in [-0.2, 0) is 21.8 Å². The van der Waals surface area contributed by atoms with E-state index in [-0.39, 0.29) is 5.82 Å². The van der Waals surface area contributed by atoms with Crippen LogP contribution in [0.4, 0.5) is 10.1 Å². The van der Waals surface area contributed by atoms with Crippen LogP contribution < -0.4 is 4.90 Å². The van der Waals surface area contributed by atoms with Crippen LogP contribution in [0.25, 0.3) is 0 Å². The number of hydrogen-bond acceptors (Lipinski definition) is 5. The minimum absolute atomic E-state index is 0.192. The highest BCUT2D eigenvalue weighted by Crippen LogP contribution is 2.42. The minimum atomic E-state index is -0.748. The third-order valence-corrected chi connectivity index (χ3v) is 6.34. The van der Waals surface area contributed by atoms with Gasteiger partial charge in [0.1, 0.15) is 5.82 Å². The Morgan fingerprint density at radius 1 is 0.935 bits per heavy atom. The number of ether oxygens (including phenoxy) is 2. The lowest BCUT2D eigenvalue weighted by Gasteiger charge is -2.44. The first kappa shape index (κ1) is 22.2. The van der Waals surface area contributed by atoms with Crippen LogP contribution >= 0.6 is 11.6 Å². The van der Waals surface area contributed by atoms with E-state index >= 15 is 0 Å². The van der Waals surface area contributed by atoms with Crippen molar-refractivity contribution in [3.05, 3.63) is 77.6 Å². The first-order valence-corrected chi connectivity index (χ1v) is 11.0. The molecular formula is C24H29ClFN3O2. The average molecular weight is 446 g/mol. The van der Waals surface area contributed by atoms with Crippen molar-refractivity contribution in [1.29, 1.82) is 0 Å². The van der Waals surface area contributed by atoms with Gasteiger partial charge in [-0.25, -0.2) is 4.39 Å². The van der Waals surface area contributed by atoms with Crippen LogP contribution in [0.1, 0.15) is 11.1 Å². The third kappa shape index (κ3) is 4.64. The quantitative estimate of drug-likeness (QED) is 0.664. The average Bonchev–Trinajstić information content (AvgIpc) is 3.24. The molecule has 0 atom stereocenters. The zero-order valence-corrected chi connectivity index (χ0v) is 18.5. The molecule has 0 radical (unpaired) electrons. The second-order valence-corrected chi connectivity index (χ2v) is 8.34. The molecule has 3 aliphatic heterocycles. The second-order valence-electron chi connectivity index (χ2n) is 7.93. The van der Waals surface area contributed by atoms with Gasteiger partial charge < -0.3 is 14.4 Å². The molecule has 3 aliphatic rings. The van der Waals surface area contributed by atoms with E-state index in [2.05, 4.69) is 33.9 Å². The molecule has 2 aromatic rings. The van der Waals surface area contributed by atoms with Gasteiger partial charge in [0.15, 0.2) is 0 Å². The van der Waals surface area contributed by atoms with Crippen molar-refractivity contribution in [2.45, 2.75) is 12.3 Å². The predicted octanol–water partition coefficient (Wildman–Crippen LogP) is 4.08. The maximum Gasteiger partial charge on any atom is 0.210 e. The molecule has 0 amide bonds. The normalized spacial score (nSPS) is 20.9. The van der Waals surface area contributed by atoms with Crippen LogP contribution in [0.2, 0.25) is 5.02 Å². The van der Waals surface area contributed by atoms with Crippen molar-refractivity contribution in [3.8, 4) is 0 Å². The summed E-state index contributed by atoms with van der Waals surface area (Å²) in [6.07, 6.45) is 0. The first-order valence-electron chi connectivity index (χ1n) is 10.6. The van der Waals surface area contributed by atoms with E-state index in [1.54, 1.807) is 0 Å². The Morgan fingerprint density at radius 2 is 1.61 bits per heavy atom. The molecule has 166 valence electrons. The third-order valence-electron chi connectivity index (χ3n) is 6.02. The molecule has 31 heavy (non-hydrogen) atoms. The Balaban J connectivity index is 0.00000112.